The molecule has 8 atom stereocenters. The third kappa shape index (κ3) is 7.24. The minimum Gasteiger partial charge on any atom is -0.490 e. The first-order valence-corrected chi connectivity index (χ1v) is 22.1. The van der Waals surface area contributed by atoms with Crippen LogP contribution in [0.15, 0.2) is 48.6 Å². The molecule has 8 nitrogen and oxygen atoms in total. The molecule has 7 unspecified atom stereocenters. The SMILES string of the molecule is C=S1NC(=O)c2ccc3c(c2)N(CC2CCC2[C@](OCCC)(N2CCN4CCOCC4C2)/C=C/CC(C)C1C)CC1(CCCc2cc(Cl)ccc21)CO3. The van der Waals surface area contributed by atoms with E-state index < -0.39 is 16.4 Å². The van der Waals surface area contributed by atoms with Gasteiger partial charge in [-0.25, -0.2) is 0 Å². The first-order valence-electron chi connectivity index (χ1n) is 20.2. The van der Waals surface area contributed by atoms with Crippen molar-refractivity contribution in [3.8, 4) is 5.75 Å². The lowest BCUT2D eigenvalue weighted by molar-refractivity contribution is -0.208. The number of hydrogen-bond acceptors (Lipinski definition) is 7. The van der Waals surface area contributed by atoms with E-state index in [0.29, 0.717) is 36.0 Å². The number of nitrogens with one attached hydrogen (secondary N) is 1. The summed E-state index contributed by atoms with van der Waals surface area (Å²) >= 11 is 6.56. The monoisotopic (exact) mass is 762 g/mol. The van der Waals surface area contributed by atoms with E-state index in [1.165, 1.54) is 11.1 Å². The van der Waals surface area contributed by atoms with Crippen LogP contribution in [0.25, 0.3) is 0 Å². The predicted molar refractivity (Wildman–Crippen MR) is 218 cm³/mol. The average Bonchev–Trinajstić information content (AvgIpc) is 3.30. The zero-order valence-electron chi connectivity index (χ0n) is 32.0. The molecule has 2 aliphatic carbocycles. The molecule has 1 amide bonds. The molecule has 1 saturated carbocycles. The van der Waals surface area contributed by atoms with Gasteiger partial charge in [-0.3, -0.25) is 14.6 Å². The third-order valence-corrected chi connectivity index (χ3v) is 15.6. The van der Waals surface area contributed by atoms with Crippen LogP contribution in [0.5, 0.6) is 5.75 Å². The van der Waals surface area contributed by atoms with E-state index >= 15 is 0 Å². The fourth-order valence-electron chi connectivity index (χ4n) is 10.1. The van der Waals surface area contributed by atoms with Gasteiger partial charge in [0.15, 0.2) is 0 Å². The lowest BCUT2D eigenvalue weighted by Gasteiger charge is -2.57. The number of aryl methyl sites for hydroxylation is 1. The molecule has 2 saturated heterocycles. The van der Waals surface area contributed by atoms with Crippen LogP contribution in [0, 0.1) is 17.8 Å². The normalized spacial score (nSPS) is 35.8. The van der Waals surface area contributed by atoms with Crippen molar-refractivity contribution in [3.05, 3.63) is 70.3 Å². The Morgan fingerprint density at radius 1 is 1.11 bits per heavy atom. The molecule has 288 valence electrons. The van der Waals surface area contributed by atoms with E-state index in [9.17, 15) is 4.79 Å². The highest BCUT2D eigenvalue weighted by molar-refractivity contribution is 8.13. The number of carbonyl (C=O) groups is 1. The molecule has 1 N–H and O–H groups in total. The number of amides is 1. The first-order chi connectivity index (χ1) is 25.7. The van der Waals surface area contributed by atoms with Gasteiger partial charge in [0.25, 0.3) is 5.91 Å². The lowest BCUT2D eigenvalue weighted by atomic mass is 9.66. The van der Waals surface area contributed by atoms with Crippen LogP contribution in [0.3, 0.4) is 0 Å². The number of fused-ring (bicyclic) bond motifs is 5. The van der Waals surface area contributed by atoms with Crippen LogP contribution < -0.4 is 14.4 Å². The molecule has 0 aromatic heterocycles. The maximum Gasteiger partial charge on any atom is 0.260 e. The molecule has 8 rings (SSSR count). The maximum absolute atomic E-state index is 13.9. The van der Waals surface area contributed by atoms with Gasteiger partial charge in [0.1, 0.15) is 11.5 Å². The standard InChI is InChI=1S/C43H59ClN4O4S/c1-5-21-52-43(48-19-18-46-20-22-50-27-36(46)26-48)17-6-8-30(2)31(3)53(4)45-41(49)33-11-15-40-39(24-33)47(25-34-10-13-38(34)43)28-42(29-51-40)16-7-9-32-23-35(44)12-14-37(32)42/h6,11-12,14-15,17,23-24,30-31,34,36,38H,4-5,7-10,13,16,18-22,25-29H2,1-3H3,(H,45,49)/b17-6+/t30?,31?,34?,36?,38?,42?,43-,53?/m0/s1. The number of carbonyl (C=O) groups excluding carboxylic acids is 1. The molecule has 3 fully saturated rings. The highest BCUT2D eigenvalue weighted by atomic mass is 35.5. The van der Waals surface area contributed by atoms with E-state index in [-0.39, 0.29) is 16.6 Å². The van der Waals surface area contributed by atoms with Crippen LogP contribution in [0.4, 0.5) is 5.69 Å². The molecule has 2 bridgehead atoms. The van der Waals surface area contributed by atoms with Crippen molar-refractivity contribution in [2.24, 2.45) is 17.8 Å². The Bertz CT molecular complexity index is 1720. The quantitative estimate of drug-likeness (QED) is 0.259. The fourth-order valence-corrected chi connectivity index (χ4v) is 11.5. The highest BCUT2D eigenvalue weighted by Gasteiger charge is 2.53. The van der Waals surface area contributed by atoms with Crippen LogP contribution in [-0.4, -0.2) is 104 Å². The summed E-state index contributed by atoms with van der Waals surface area (Å²) in [5, 5.41) is 1.00. The molecular weight excluding hydrogens is 704 g/mol. The number of benzene rings is 2. The summed E-state index contributed by atoms with van der Waals surface area (Å²) < 4.78 is 23.4. The zero-order valence-corrected chi connectivity index (χ0v) is 33.6. The van der Waals surface area contributed by atoms with Gasteiger partial charge in [0.05, 0.1) is 25.5 Å². The molecule has 2 aromatic rings. The second-order valence-corrected chi connectivity index (χ2v) is 19.0. The van der Waals surface area contributed by atoms with Crippen molar-refractivity contribution >= 4 is 39.7 Å². The first kappa shape index (κ1) is 37.5. The number of morpholine rings is 1. The summed E-state index contributed by atoms with van der Waals surface area (Å²) in [5.41, 5.74) is 3.69. The number of anilines is 1. The second-order valence-electron chi connectivity index (χ2n) is 16.7. The highest BCUT2D eigenvalue weighted by Crippen LogP contribution is 2.50. The summed E-state index contributed by atoms with van der Waals surface area (Å²) in [5.74, 6) is 6.33. The summed E-state index contributed by atoms with van der Waals surface area (Å²) in [6.45, 7) is 15.4. The largest absolute Gasteiger partial charge is 0.490 e. The lowest BCUT2D eigenvalue weighted by Crippen LogP contribution is -2.68. The number of hydrogen-bond donors (Lipinski definition) is 1. The van der Waals surface area contributed by atoms with Crippen LogP contribution in [0.2, 0.25) is 5.02 Å². The Hall–Kier alpha value is -2.40. The molecule has 2 aromatic carbocycles. The molecule has 10 heteroatoms. The molecule has 6 aliphatic rings. The van der Waals surface area contributed by atoms with Crippen molar-refractivity contribution in [1.82, 2.24) is 14.5 Å². The minimum absolute atomic E-state index is 0.0660. The molecule has 1 spiro atoms. The Labute approximate surface area is 324 Å². The molecule has 4 aliphatic heterocycles. The molecule has 0 radical (unpaired) electrons. The van der Waals surface area contributed by atoms with Gasteiger partial charge in [-0.2, -0.15) is 0 Å². The van der Waals surface area contributed by atoms with Crippen molar-refractivity contribution in [1.29, 1.82) is 0 Å². The Balaban J connectivity index is 1.22. The summed E-state index contributed by atoms with van der Waals surface area (Å²) in [6.07, 6.45) is 12.2. The number of ether oxygens (including phenoxy) is 3. The number of allylic oxidation sites excluding steroid dienone is 1. The fraction of sp³-hybridized carbons (Fsp3) is 0.628. The summed E-state index contributed by atoms with van der Waals surface area (Å²) in [4.78, 5) is 21.8. The molecule has 4 heterocycles. The van der Waals surface area contributed by atoms with Crippen molar-refractivity contribution in [2.45, 2.75) is 88.1 Å². The molecule has 53 heavy (non-hydrogen) atoms. The summed E-state index contributed by atoms with van der Waals surface area (Å²) in [7, 11) is -0.553. The second kappa shape index (κ2) is 15.6. The smallest absolute Gasteiger partial charge is 0.260 e. The van der Waals surface area contributed by atoms with Crippen molar-refractivity contribution in [2.75, 3.05) is 70.6 Å². The number of nitrogens with zero attached hydrogens (tertiary/aromatic N) is 3. The Morgan fingerprint density at radius 3 is 2.83 bits per heavy atom. The van der Waals surface area contributed by atoms with Crippen LogP contribution >= 0.6 is 22.3 Å². The number of rotatable bonds is 4. The maximum atomic E-state index is 13.9. The Morgan fingerprint density at radius 2 is 2.00 bits per heavy atom. The minimum atomic E-state index is -0.553. The van der Waals surface area contributed by atoms with Crippen molar-refractivity contribution in [3.63, 3.8) is 0 Å². The van der Waals surface area contributed by atoms with Gasteiger partial charge in [-0.05, 0) is 104 Å². The number of halogens is 1. The van der Waals surface area contributed by atoms with Gasteiger partial charge in [0, 0.05) is 79.1 Å². The van der Waals surface area contributed by atoms with Crippen LogP contribution in [0.1, 0.15) is 80.8 Å². The van der Waals surface area contributed by atoms with E-state index in [0.717, 1.165) is 120 Å². The van der Waals surface area contributed by atoms with Gasteiger partial charge in [-0.1, -0.05) is 61.1 Å². The van der Waals surface area contributed by atoms with Gasteiger partial charge in [0.2, 0.25) is 0 Å². The van der Waals surface area contributed by atoms with Gasteiger partial charge >= 0.3 is 0 Å². The number of piperazine rings is 1. The predicted octanol–water partition coefficient (Wildman–Crippen LogP) is 7.31. The summed E-state index contributed by atoms with van der Waals surface area (Å²) in [6, 6.07) is 12.9. The van der Waals surface area contributed by atoms with Crippen molar-refractivity contribution < 1.29 is 19.0 Å². The average molecular weight is 763 g/mol. The van der Waals surface area contributed by atoms with Gasteiger partial charge < -0.3 is 23.8 Å². The van der Waals surface area contributed by atoms with E-state index in [2.05, 4.69) is 76.4 Å². The van der Waals surface area contributed by atoms with E-state index in [1.54, 1.807) is 0 Å². The van der Waals surface area contributed by atoms with E-state index in [4.69, 9.17) is 25.8 Å². The van der Waals surface area contributed by atoms with Gasteiger partial charge in [-0.15, -0.1) is 0 Å². The third-order valence-electron chi connectivity index (χ3n) is 13.5. The zero-order chi connectivity index (χ0) is 36.7. The molecular formula is C43H59ClN4O4S. The van der Waals surface area contributed by atoms with E-state index in [1.807, 2.05) is 18.2 Å². The van der Waals surface area contributed by atoms with Crippen LogP contribution in [-0.2, 0) is 21.3 Å². The Kier molecular flexibility index (Phi) is 11.1. The topological polar surface area (TPSA) is 66.5 Å².